The average Bonchev–Trinajstić information content (AvgIpc) is 2.60. The first kappa shape index (κ1) is 24.2. The number of aliphatic hydroxyl groups excluding tert-OH is 3. The second-order valence-electron chi connectivity index (χ2n) is 7.09. The SMILES string of the molecule is CC(C)[C@H](NCC1(O)OCC(O)C(O)C1O)C(=O)NC(CCC(=O)O)C(=O)O. The number of amides is 1. The van der Waals surface area contributed by atoms with Gasteiger partial charge in [-0.1, -0.05) is 13.8 Å². The second-order valence-corrected chi connectivity index (χ2v) is 7.09. The molecule has 1 aliphatic heterocycles. The lowest BCUT2D eigenvalue weighted by atomic mass is 9.95. The predicted octanol–water partition coefficient (Wildman–Crippen LogP) is -3.16. The minimum atomic E-state index is -2.28. The van der Waals surface area contributed by atoms with Gasteiger partial charge in [0, 0.05) is 6.42 Å². The van der Waals surface area contributed by atoms with Crippen molar-refractivity contribution in [2.75, 3.05) is 13.2 Å². The van der Waals surface area contributed by atoms with E-state index in [1.54, 1.807) is 13.8 Å². The van der Waals surface area contributed by atoms with Gasteiger partial charge >= 0.3 is 11.9 Å². The van der Waals surface area contributed by atoms with Crippen LogP contribution in [0.3, 0.4) is 0 Å². The molecule has 1 rings (SSSR count). The van der Waals surface area contributed by atoms with Crippen molar-refractivity contribution in [3.63, 3.8) is 0 Å². The Bertz CT molecular complexity index is 572. The van der Waals surface area contributed by atoms with Crippen molar-refractivity contribution in [3.05, 3.63) is 0 Å². The van der Waals surface area contributed by atoms with Crippen LogP contribution in [0.2, 0.25) is 0 Å². The normalized spacial score (nSPS) is 29.9. The minimum Gasteiger partial charge on any atom is -0.481 e. The number of carboxylic acids is 2. The molecule has 0 aromatic heterocycles. The van der Waals surface area contributed by atoms with Crippen LogP contribution in [0.25, 0.3) is 0 Å². The third-order valence-electron chi connectivity index (χ3n) is 4.47. The molecule has 5 unspecified atom stereocenters. The molecule has 6 atom stereocenters. The Morgan fingerprint density at radius 2 is 1.79 bits per heavy atom. The maximum atomic E-state index is 12.5. The van der Waals surface area contributed by atoms with Crippen molar-refractivity contribution in [2.24, 2.45) is 5.92 Å². The molecule has 8 N–H and O–H groups in total. The Labute approximate surface area is 161 Å². The minimum absolute atomic E-state index is 0.308. The van der Waals surface area contributed by atoms with E-state index >= 15 is 0 Å². The molecule has 0 aromatic carbocycles. The third-order valence-corrected chi connectivity index (χ3v) is 4.47. The fraction of sp³-hybridized carbons (Fsp3) is 0.812. The Morgan fingerprint density at radius 1 is 1.18 bits per heavy atom. The molecule has 1 saturated heterocycles. The molecule has 0 aromatic rings. The smallest absolute Gasteiger partial charge is 0.326 e. The molecule has 1 fully saturated rings. The number of ether oxygens (including phenoxy) is 1. The summed E-state index contributed by atoms with van der Waals surface area (Å²) in [7, 11) is 0. The van der Waals surface area contributed by atoms with Crippen LogP contribution >= 0.6 is 0 Å². The van der Waals surface area contributed by atoms with E-state index in [2.05, 4.69) is 10.6 Å². The number of hydrogen-bond donors (Lipinski definition) is 8. The van der Waals surface area contributed by atoms with Crippen molar-refractivity contribution >= 4 is 17.8 Å². The number of carboxylic acid groups (broad SMARTS) is 2. The molecule has 0 spiro atoms. The van der Waals surface area contributed by atoms with Gasteiger partial charge in [-0.2, -0.15) is 0 Å². The Hall–Kier alpha value is -1.83. The summed E-state index contributed by atoms with van der Waals surface area (Å²) >= 11 is 0. The quantitative estimate of drug-likeness (QED) is 0.181. The zero-order chi connectivity index (χ0) is 21.6. The molecule has 1 amide bonds. The zero-order valence-electron chi connectivity index (χ0n) is 15.6. The number of nitrogens with one attached hydrogen (secondary N) is 2. The van der Waals surface area contributed by atoms with Gasteiger partial charge < -0.3 is 46.0 Å². The lowest BCUT2D eigenvalue weighted by Gasteiger charge is -2.42. The number of rotatable bonds is 10. The van der Waals surface area contributed by atoms with Crippen LogP contribution in [0.15, 0.2) is 0 Å². The largest absolute Gasteiger partial charge is 0.481 e. The molecule has 12 nitrogen and oxygen atoms in total. The van der Waals surface area contributed by atoms with E-state index in [9.17, 15) is 34.8 Å². The van der Waals surface area contributed by atoms with E-state index < -0.39 is 73.6 Å². The number of aliphatic carboxylic acids is 2. The number of hydrogen-bond acceptors (Lipinski definition) is 9. The van der Waals surface area contributed by atoms with Gasteiger partial charge in [0.25, 0.3) is 0 Å². The van der Waals surface area contributed by atoms with E-state index in [1.165, 1.54) is 0 Å². The van der Waals surface area contributed by atoms with Gasteiger partial charge in [-0.05, 0) is 12.3 Å². The Kier molecular flexibility index (Phi) is 8.73. The zero-order valence-corrected chi connectivity index (χ0v) is 15.6. The molecule has 12 heteroatoms. The van der Waals surface area contributed by atoms with Crippen molar-refractivity contribution in [1.82, 2.24) is 10.6 Å². The third kappa shape index (κ3) is 6.36. The molecule has 1 heterocycles. The van der Waals surface area contributed by atoms with E-state index in [1.807, 2.05) is 0 Å². The van der Waals surface area contributed by atoms with Crippen LogP contribution in [0.1, 0.15) is 26.7 Å². The molecule has 0 radical (unpaired) electrons. The molecule has 1 aliphatic rings. The maximum absolute atomic E-state index is 12.5. The summed E-state index contributed by atoms with van der Waals surface area (Å²) < 4.78 is 5.00. The first-order valence-electron chi connectivity index (χ1n) is 8.78. The van der Waals surface area contributed by atoms with Gasteiger partial charge in [0.05, 0.1) is 19.2 Å². The van der Waals surface area contributed by atoms with Crippen molar-refractivity contribution < 1.29 is 49.8 Å². The monoisotopic (exact) mass is 408 g/mol. The molecule has 0 bridgehead atoms. The Morgan fingerprint density at radius 3 is 2.29 bits per heavy atom. The number of aliphatic hydroxyl groups is 4. The lowest BCUT2D eigenvalue weighted by Crippen LogP contribution is -2.66. The van der Waals surface area contributed by atoms with E-state index in [0.717, 1.165) is 0 Å². The lowest BCUT2D eigenvalue weighted by molar-refractivity contribution is -0.318. The summed E-state index contributed by atoms with van der Waals surface area (Å²) in [5.74, 6) is -6.00. The summed E-state index contributed by atoms with van der Waals surface area (Å²) in [4.78, 5) is 34.3. The first-order chi connectivity index (χ1) is 12.9. The first-order valence-corrected chi connectivity index (χ1v) is 8.78. The van der Waals surface area contributed by atoms with Gasteiger partial charge in [-0.3, -0.25) is 9.59 Å². The summed E-state index contributed by atoms with van der Waals surface area (Å²) in [5.41, 5.74) is 0. The Balaban J connectivity index is 2.77. The van der Waals surface area contributed by atoms with E-state index in [4.69, 9.17) is 14.9 Å². The fourth-order valence-corrected chi connectivity index (χ4v) is 2.72. The average molecular weight is 408 g/mol. The van der Waals surface area contributed by atoms with E-state index in [0.29, 0.717) is 0 Å². The van der Waals surface area contributed by atoms with Crippen LogP contribution in [0, 0.1) is 5.92 Å². The highest BCUT2D eigenvalue weighted by molar-refractivity contribution is 5.87. The predicted molar refractivity (Wildman–Crippen MR) is 92.0 cm³/mol. The molecular weight excluding hydrogens is 380 g/mol. The van der Waals surface area contributed by atoms with Crippen molar-refractivity contribution in [2.45, 2.75) is 62.9 Å². The summed E-state index contributed by atoms with van der Waals surface area (Å²) in [5, 5.41) is 62.2. The molecule has 162 valence electrons. The van der Waals surface area contributed by atoms with Crippen LogP contribution in [-0.4, -0.2) is 97.8 Å². The van der Waals surface area contributed by atoms with Crippen LogP contribution in [0.4, 0.5) is 0 Å². The second kappa shape index (κ2) is 10.1. The molecule has 0 aliphatic carbocycles. The molecule has 0 saturated carbocycles. The number of carbonyl (C=O) groups excluding carboxylic acids is 1. The van der Waals surface area contributed by atoms with Crippen molar-refractivity contribution in [1.29, 1.82) is 0 Å². The van der Waals surface area contributed by atoms with Crippen LogP contribution in [-0.2, 0) is 19.1 Å². The highest BCUT2D eigenvalue weighted by atomic mass is 16.6. The van der Waals surface area contributed by atoms with Gasteiger partial charge in [-0.15, -0.1) is 0 Å². The number of carbonyl (C=O) groups is 3. The fourth-order valence-electron chi connectivity index (χ4n) is 2.72. The topological polar surface area (TPSA) is 206 Å². The van der Waals surface area contributed by atoms with Gasteiger partial charge in [0.1, 0.15) is 24.4 Å². The van der Waals surface area contributed by atoms with Crippen molar-refractivity contribution in [3.8, 4) is 0 Å². The van der Waals surface area contributed by atoms with E-state index in [-0.39, 0.29) is 12.3 Å². The summed E-state index contributed by atoms with van der Waals surface area (Å²) in [6.07, 6.45) is -5.64. The van der Waals surface area contributed by atoms with Crippen LogP contribution in [0.5, 0.6) is 0 Å². The van der Waals surface area contributed by atoms with Crippen LogP contribution < -0.4 is 10.6 Å². The highest BCUT2D eigenvalue weighted by Gasteiger charge is 2.48. The van der Waals surface area contributed by atoms with Gasteiger partial charge in [0.2, 0.25) is 11.7 Å². The van der Waals surface area contributed by atoms with Gasteiger partial charge in [0.15, 0.2) is 0 Å². The molecular formula is C16H28N2O10. The summed E-state index contributed by atoms with van der Waals surface area (Å²) in [6, 6.07) is -2.43. The highest BCUT2D eigenvalue weighted by Crippen LogP contribution is 2.23. The standard InChI is InChI=1S/C16H28N2O10/c1-7(2)11(14(24)18-8(15(25)26)3-4-10(20)21)17-6-16(27)13(23)12(22)9(19)5-28-16/h7-9,11-13,17,19,22-23,27H,3-6H2,1-2H3,(H,18,24)(H,20,21)(H,25,26)/t8?,9?,11-,12?,13?,16?/m0/s1. The molecule has 28 heavy (non-hydrogen) atoms. The maximum Gasteiger partial charge on any atom is 0.326 e. The van der Waals surface area contributed by atoms with Gasteiger partial charge in [-0.25, -0.2) is 4.79 Å². The summed E-state index contributed by atoms with van der Waals surface area (Å²) in [6.45, 7) is 2.35.